The normalized spacial score (nSPS) is 10.8. The zero-order valence-electron chi connectivity index (χ0n) is 11.6. The first kappa shape index (κ1) is 14.7. The minimum Gasteiger partial charge on any atom is -0.380 e. The maximum atomic E-state index is 5.47. The van der Waals surface area contributed by atoms with Gasteiger partial charge in [0.05, 0.1) is 6.61 Å². The highest BCUT2D eigenvalue weighted by atomic mass is 16.5. The summed E-state index contributed by atoms with van der Waals surface area (Å²) in [6.45, 7) is 10.1. The topological polar surface area (TPSA) is 85.1 Å². The smallest absolute Gasteiger partial charge is 0.148 e. The molecule has 102 valence electrons. The Morgan fingerprint density at radius 2 is 1.94 bits per heavy atom. The summed E-state index contributed by atoms with van der Waals surface area (Å²) in [5.41, 5.74) is 3.53. The van der Waals surface area contributed by atoms with E-state index in [1.165, 1.54) is 0 Å². The van der Waals surface area contributed by atoms with Crippen LogP contribution in [0.15, 0.2) is 0 Å². The summed E-state index contributed by atoms with van der Waals surface area (Å²) in [6, 6.07) is 0. The number of nitrogens with zero attached hydrogens (tertiary/aromatic N) is 2. The highest BCUT2D eigenvalue weighted by molar-refractivity contribution is 5.56. The molecule has 4 N–H and O–H groups in total. The largest absolute Gasteiger partial charge is 0.380 e. The Morgan fingerprint density at radius 1 is 1.28 bits per heavy atom. The van der Waals surface area contributed by atoms with Crippen LogP contribution in [0, 0.1) is 6.92 Å². The van der Waals surface area contributed by atoms with Crippen molar-refractivity contribution in [2.45, 2.75) is 33.6 Å². The maximum Gasteiger partial charge on any atom is 0.148 e. The Morgan fingerprint density at radius 3 is 2.50 bits per heavy atom. The number of hydrogen-bond donors (Lipinski definition) is 3. The Bertz CT molecular complexity index is 381. The summed E-state index contributed by atoms with van der Waals surface area (Å²) >= 11 is 0. The molecule has 6 nitrogen and oxygen atoms in total. The Hall–Kier alpha value is -1.40. The SMILES string of the molecule is CCOCCNc1nc(C(C)C)nc(NN)c1C. The van der Waals surface area contributed by atoms with Crippen LogP contribution in [0.1, 0.15) is 38.1 Å². The van der Waals surface area contributed by atoms with Gasteiger partial charge in [-0.1, -0.05) is 13.8 Å². The van der Waals surface area contributed by atoms with Crippen molar-refractivity contribution in [3.05, 3.63) is 11.4 Å². The highest BCUT2D eigenvalue weighted by Gasteiger charge is 2.12. The predicted molar refractivity (Wildman–Crippen MR) is 73.7 cm³/mol. The van der Waals surface area contributed by atoms with Crippen LogP contribution in [0.3, 0.4) is 0 Å². The van der Waals surface area contributed by atoms with Gasteiger partial charge in [0.25, 0.3) is 0 Å². The molecule has 0 aliphatic heterocycles. The number of anilines is 2. The van der Waals surface area contributed by atoms with Crippen molar-refractivity contribution in [3.8, 4) is 0 Å². The van der Waals surface area contributed by atoms with E-state index in [4.69, 9.17) is 10.6 Å². The van der Waals surface area contributed by atoms with Gasteiger partial charge < -0.3 is 15.5 Å². The third kappa shape index (κ3) is 3.82. The van der Waals surface area contributed by atoms with Gasteiger partial charge in [-0.25, -0.2) is 15.8 Å². The third-order valence-corrected chi connectivity index (χ3v) is 2.56. The van der Waals surface area contributed by atoms with Crippen molar-refractivity contribution in [1.29, 1.82) is 0 Å². The number of nitrogens with one attached hydrogen (secondary N) is 2. The standard InChI is InChI=1S/C12H23N5O/c1-5-18-7-6-14-11-9(4)12(17-13)16-10(15-11)8(2)3/h8H,5-7,13H2,1-4H3,(H2,14,15,16,17). The lowest BCUT2D eigenvalue weighted by atomic mass is 10.2. The molecule has 0 saturated carbocycles. The lowest BCUT2D eigenvalue weighted by molar-refractivity contribution is 0.158. The number of rotatable bonds is 7. The molecular weight excluding hydrogens is 230 g/mol. The van der Waals surface area contributed by atoms with Crippen LogP contribution in [-0.2, 0) is 4.74 Å². The molecule has 0 fully saturated rings. The van der Waals surface area contributed by atoms with Crippen molar-refractivity contribution in [3.63, 3.8) is 0 Å². The van der Waals surface area contributed by atoms with Crippen LogP contribution in [0.25, 0.3) is 0 Å². The molecule has 0 bridgehead atoms. The van der Waals surface area contributed by atoms with Crippen molar-refractivity contribution in [2.24, 2.45) is 5.84 Å². The number of hydrogen-bond acceptors (Lipinski definition) is 6. The molecule has 1 rings (SSSR count). The van der Waals surface area contributed by atoms with Crippen molar-refractivity contribution >= 4 is 11.6 Å². The van der Waals surface area contributed by atoms with E-state index in [1.807, 2.05) is 13.8 Å². The van der Waals surface area contributed by atoms with Gasteiger partial charge in [0.2, 0.25) is 0 Å². The Balaban J connectivity index is 2.84. The molecule has 1 aromatic heterocycles. The van der Waals surface area contributed by atoms with Gasteiger partial charge in [-0.05, 0) is 13.8 Å². The number of nitrogen functional groups attached to an aromatic ring is 1. The second kappa shape index (κ2) is 7.13. The van der Waals surface area contributed by atoms with Crippen molar-refractivity contribution in [1.82, 2.24) is 9.97 Å². The molecule has 6 heteroatoms. The molecule has 0 radical (unpaired) electrons. The molecule has 0 aliphatic rings. The van der Waals surface area contributed by atoms with Crippen molar-refractivity contribution < 1.29 is 4.74 Å². The Labute approximate surface area is 108 Å². The van der Waals surface area contributed by atoms with Crippen LogP contribution in [-0.4, -0.2) is 29.7 Å². The van der Waals surface area contributed by atoms with E-state index in [0.717, 1.165) is 23.8 Å². The number of hydrazine groups is 1. The molecule has 0 amide bonds. The number of ether oxygens (including phenoxy) is 1. The van der Waals surface area contributed by atoms with Crippen LogP contribution < -0.4 is 16.6 Å². The monoisotopic (exact) mass is 253 g/mol. The van der Waals surface area contributed by atoms with Gasteiger partial charge in [-0.2, -0.15) is 0 Å². The molecule has 1 heterocycles. The minimum atomic E-state index is 0.255. The summed E-state index contributed by atoms with van der Waals surface area (Å²) in [5.74, 6) is 7.96. The van der Waals surface area contributed by atoms with Gasteiger partial charge in [-0.15, -0.1) is 0 Å². The molecule has 0 saturated heterocycles. The summed E-state index contributed by atoms with van der Waals surface area (Å²) in [7, 11) is 0. The first-order chi connectivity index (χ1) is 8.60. The van der Waals surface area contributed by atoms with Gasteiger partial charge in [-0.3, -0.25) is 0 Å². The third-order valence-electron chi connectivity index (χ3n) is 2.56. The second-order valence-corrected chi connectivity index (χ2v) is 4.33. The first-order valence-electron chi connectivity index (χ1n) is 6.26. The van der Waals surface area contributed by atoms with Gasteiger partial charge in [0.15, 0.2) is 0 Å². The molecule has 0 atom stereocenters. The maximum absolute atomic E-state index is 5.47. The summed E-state index contributed by atoms with van der Waals surface area (Å²) in [6.07, 6.45) is 0. The van der Waals surface area contributed by atoms with E-state index in [9.17, 15) is 0 Å². The number of aromatic nitrogens is 2. The van der Waals surface area contributed by atoms with Gasteiger partial charge in [0, 0.05) is 24.6 Å². The molecule has 0 aromatic carbocycles. The predicted octanol–water partition coefficient (Wildman–Crippen LogP) is 1.64. The highest BCUT2D eigenvalue weighted by Crippen LogP contribution is 2.22. The molecular formula is C12H23N5O. The fourth-order valence-corrected chi connectivity index (χ4v) is 1.49. The average molecular weight is 253 g/mol. The van der Waals surface area contributed by atoms with Crippen molar-refractivity contribution in [2.75, 3.05) is 30.5 Å². The lowest BCUT2D eigenvalue weighted by Gasteiger charge is -2.14. The molecule has 1 aromatic rings. The lowest BCUT2D eigenvalue weighted by Crippen LogP contribution is -2.17. The van der Waals surface area contributed by atoms with Gasteiger partial charge >= 0.3 is 0 Å². The zero-order valence-corrected chi connectivity index (χ0v) is 11.6. The van der Waals surface area contributed by atoms with E-state index >= 15 is 0 Å². The van der Waals surface area contributed by atoms with E-state index in [2.05, 4.69) is 34.6 Å². The van der Waals surface area contributed by atoms with Crippen LogP contribution in [0.4, 0.5) is 11.6 Å². The van der Waals surface area contributed by atoms with Crippen LogP contribution >= 0.6 is 0 Å². The van der Waals surface area contributed by atoms with E-state index in [1.54, 1.807) is 0 Å². The van der Waals surface area contributed by atoms with E-state index in [0.29, 0.717) is 19.0 Å². The summed E-state index contributed by atoms with van der Waals surface area (Å²) < 4.78 is 5.28. The molecule has 0 unspecified atom stereocenters. The van der Waals surface area contributed by atoms with Gasteiger partial charge in [0.1, 0.15) is 17.5 Å². The summed E-state index contributed by atoms with van der Waals surface area (Å²) in [5, 5.41) is 3.25. The minimum absolute atomic E-state index is 0.255. The molecule has 18 heavy (non-hydrogen) atoms. The fraction of sp³-hybridized carbons (Fsp3) is 0.667. The zero-order chi connectivity index (χ0) is 13.5. The van der Waals surface area contributed by atoms with E-state index < -0.39 is 0 Å². The van der Waals surface area contributed by atoms with E-state index in [-0.39, 0.29) is 5.92 Å². The first-order valence-corrected chi connectivity index (χ1v) is 6.26. The second-order valence-electron chi connectivity index (χ2n) is 4.33. The average Bonchev–Trinajstić information content (AvgIpc) is 2.36. The summed E-state index contributed by atoms with van der Waals surface area (Å²) in [4.78, 5) is 8.88. The quantitative estimate of drug-likeness (QED) is 0.389. The molecule has 0 aliphatic carbocycles. The van der Waals surface area contributed by atoms with Crippen LogP contribution in [0.5, 0.6) is 0 Å². The fourth-order valence-electron chi connectivity index (χ4n) is 1.49. The van der Waals surface area contributed by atoms with Crippen LogP contribution in [0.2, 0.25) is 0 Å². The Kier molecular flexibility index (Phi) is 5.80. The number of nitrogens with two attached hydrogens (primary N) is 1. The molecule has 0 spiro atoms.